The van der Waals surface area contributed by atoms with Gasteiger partial charge in [-0.2, -0.15) is 5.26 Å². The number of aromatic nitrogens is 1. The number of hydroxylamine groups is 1. The molecular formula is C18H13N3O4. The molecule has 3 N–H and O–H groups in total. The van der Waals surface area contributed by atoms with Gasteiger partial charge < -0.3 is 14.4 Å². The van der Waals surface area contributed by atoms with Crippen molar-refractivity contribution in [2.75, 3.05) is 0 Å². The fourth-order valence-corrected chi connectivity index (χ4v) is 3.12. The molecule has 0 spiro atoms. The summed E-state index contributed by atoms with van der Waals surface area (Å²) < 4.78 is 7.23. The Bertz CT molecular complexity index is 1060. The molecular weight excluding hydrogens is 322 g/mol. The molecule has 0 radical (unpaired) electrons. The molecule has 3 aromatic rings. The van der Waals surface area contributed by atoms with Gasteiger partial charge in [-0.05, 0) is 35.4 Å². The number of carbonyl (C=O) groups is 1. The Labute approximate surface area is 142 Å². The minimum atomic E-state index is -0.797. The maximum atomic E-state index is 11.5. The van der Waals surface area contributed by atoms with Gasteiger partial charge in [0, 0.05) is 23.3 Å². The molecule has 0 atom stereocenters. The predicted molar refractivity (Wildman–Crippen MR) is 87.4 cm³/mol. The smallest absolute Gasteiger partial charge is 0.278 e. The van der Waals surface area contributed by atoms with E-state index in [0.29, 0.717) is 24.5 Å². The number of nitrogens with zero attached hydrogens (tertiary/aromatic N) is 2. The third-order valence-corrected chi connectivity index (χ3v) is 4.37. The minimum absolute atomic E-state index is 0.0440. The van der Waals surface area contributed by atoms with E-state index in [1.165, 1.54) is 17.6 Å². The molecule has 0 saturated carbocycles. The number of nitrogens with one attached hydrogen (secondary N) is 1. The van der Waals surface area contributed by atoms with Crippen molar-refractivity contribution in [2.45, 2.75) is 13.2 Å². The van der Waals surface area contributed by atoms with Gasteiger partial charge in [-0.3, -0.25) is 10.0 Å². The molecule has 0 unspecified atom stereocenters. The zero-order chi connectivity index (χ0) is 17.6. The van der Waals surface area contributed by atoms with Crippen LogP contribution in [0.3, 0.4) is 0 Å². The molecule has 4 rings (SSSR count). The first-order chi connectivity index (χ1) is 12.1. The molecule has 25 heavy (non-hydrogen) atoms. The molecule has 0 saturated heterocycles. The lowest BCUT2D eigenvalue weighted by molar-refractivity contribution is 0.0703. The standard InChI is InChI=1S/C18H13N3O4/c19-6-12-7-21(13-1-2-14(17(22)5-13)18(23)20-24)16-4-11-9-25-8-10(11)3-15(12)16/h1-5,7,22,24H,8-9H2,(H,20,23). The number of benzene rings is 2. The number of aromatic hydroxyl groups is 1. The number of nitriles is 1. The number of amides is 1. The number of fused-ring (bicyclic) bond motifs is 2. The van der Waals surface area contributed by atoms with Gasteiger partial charge in [-0.1, -0.05) is 0 Å². The first-order valence-electron chi connectivity index (χ1n) is 7.55. The second-order valence-electron chi connectivity index (χ2n) is 5.80. The first kappa shape index (κ1) is 15.2. The predicted octanol–water partition coefficient (Wildman–Crippen LogP) is 2.36. The van der Waals surface area contributed by atoms with Crippen molar-refractivity contribution in [3.8, 4) is 17.5 Å². The van der Waals surface area contributed by atoms with Crippen LogP contribution < -0.4 is 5.48 Å². The van der Waals surface area contributed by atoms with Crippen LogP contribution in [-0.4, -0.2) is 20.8 Å². The second kappa shape index (κ2) is 5.63. The molecule has 1 aliphatic heterocycles. The Morgan fingerprint density at radius 3 is 2.68 bits per heavy atom. The summed E-state index contributed by atoms with van der Waals surface area (Å²) in [5, 5.41) is 29.0. The number of hydrogen-bond donors (Lipinski definition) is 3. The molecule has 0 fully saturated rings. The Morgan fingerprint density at radius 1 is 1.24 bits per heavy atom. The molecule has 7 nitrogen and oxygen atoms in total. The molecule has 0 aliphatic carbocycles. The summed E-state index contributed by atoms with van der Waals surface area (Å²) in [7, 11) is 0. The molecule has 1 amide bonds. The van der Waals surface area contributed by atoms with Crippen LogP contribution in [0.4, 0.5) is 0 Å². The quantitative estimate of drug-likeness (QED) is 0.492. The van der Waals surface area contributed by atoms with Crippen molar-refractivity contribution in [1.82, 2.24) is 10.0 Å². The van der Waals surface area contributed by atoms with E-state index >= 15 is 0 Å². The zero-order valence-electron chi connectivity index (χ0n) is 13.0. The van der Waals surface area contributed by atoms with Crippen molar-refractivity contribution >= 4 is 16.8 Å². The summed E-state index contributed by atoms with van der Waals surface area (Å²) in [6.07, 6.45) is 1.70. The van der Waals surface area contributed by atoms with Crippen molar-refractivity contribution in [2.24, 2.45) is 0 Å². The Hall–Kier alpha value is -3.34. The number of rotatable bonds is 2. The molecule has 0 bridgehead atoms. The second-order valence-corrected chi connectivity index (χ2v) is 5.80. The van der Waals surface area contributed by atoms with Gasteiger partial charge in [-0.15, -0.1) is 0 Å². The average molecular weight is 335 g/mol. The van der Waals surface area contributed by atoms with Crippen LogP contribution in [0.2, 0.25) is 0 Å². The van der Waals surface area contributed by atoms with E-state index in [9.17, 15) is 15.2 Å². The third-order valence-electron chi connectivity index (χ3n) is 4.37. The van der Waals surface area contributed by atoms with Gasteiger partial charge in [0.25, 0.3) is 5.91 Å². The lowest BCUT2D eigenvalue weighted by Gasteiger charge is -2.09. The van der Waals surface area contributed by atoms with E-state index in [1.54, 1.807) is 16.8 Å². The largest absolute Gasteiger partial charge is 0.507 e. The molecule has 7 heteroatoms. The number of hydrogen-bond acceptors (Lipinski definition) is 5. The van der Waals surface area contributed by atoms with Crippen molar-refractivity contribution in [3.63, 3.8) is 0 Å². The van der Waals surface area contributed by atoms with E-state index in [0.717, 1.165) is 22.0 Å². The molecule has 1 aliphatic rings. The highest BCUT2D eigenvalue weighted by molar-refractivity contribution is 5.96. The Kier molecular flexibility index (Phi) is 3.42. The average Bonchev–Trinajstić information content (AvgIpc) is 3.22. The van der Waals surface area contributed by atoms with Gasteiger partial charge >= 0.3 is 0 Å². The summed E-state index contributed by atoms with van der Waals surface area (Å²) in [6, 6.07) is 10.6. The maximum Gasteiger partial charge on any atom is 0.278 e. The van der Waals surface area contributed by atoms with Gasteiger partial charge in [-0.25, -0.2) is 5.48 Å². The van der Waals surface area contributed by atoms with Crippen molar-refractivity contribution in [3.05, 3.63) is 58.8 Å². The zero-order valence-corrected chi connectivity index (χ0v) is 13.0. The van der Waals surface area contributed by atoms with Crippen LogP contribution in [-0.2, 0) is 18.0 Å². The highest BCUT2D eigenvalue weighted by Crippen LogP contribution is 2.32. The van der Waals surface area contributed by atoms with E-state index in [4.69, 9.17) is 9.94 Å². The van der Waals surface area contributed by atoms with Crippen LogP contribution in [0.5, 0.6) is 5.75 Å². The van der Waals surface area contributed by atoms with Gasteiger partial charge in [0.15, 0.2) is 0 Å². The van der Waals surface area contributed by atoms with E-state index in [1.807, 2.05) is 12.1 Å². The van der Waals surface area contributed by atoms with Crippen LogP contribution in [0.25, 0.3) is 16.6 Å². The van der Waals surface area contributed by atoms with Gasteiger partial charge in [0.2, 0.25) is 0 Å². The summed E-state index contributed by atoms with van der Waals surface area (Å²) in [6.45, 7) is 1.06. The van der Waals surface area contributed by atoms with E-state index < -0.39 is 5.91 Å². The van der Waals surface area contributed by atoms with Crippen LogP contribution in [0, 0.1) is 11.3 Å². The maximum absolute atomic E-state index is 11.5. The molecule has 124 valence electrons. The Balaban J connectivity index is 1.91. The molecule has 1 aromatic heterocycles. The Morgan fingerprint density at radius 2 is 2.00 bits per heavy atom. The van der Waals surface area contributed by atoms with Crippen LogP contribution >= 0.6 is 0 Å². The van der Waals surface area contributed by atoms with E-state index in [2.05, 4.69) is 6.07 Å². The highest BCUT2D eigenvalue weighted by atomic mass is 16.5. The summed E-state index contributed by atoms with van der Waals surface area (Å²) >= 11 is 0. The first-order valence-corrected chi connectivity index (χ1v) is 7.55. The van der Waals surface area contributed by atoms with Gasteiger partial charge in [0.05, 0.1) is 29.9 Å². The number of phenols is 1. The minimum Gasteiger partial charge on any atom is -0.507 e. The van der Waals surface area contributed by atoms with E-state index in [-0.39, 0.29) is 11.3 Å². The topological polar surface area (TPSA) is 108 Å². The SMILES string of the molecule is N#Cc1cn(-c2ccc(C(=O)NO)c(O)c2)c2cc3c(cc12)COC3. The fraction of sp³-hybridized carbons (Fsp3) is 0.111. The third kappa shape index (κ3) is 2.32. The number of carbonyl (C=O) groups excluding carboxylic acids is 1. The lowest BCUT2D eigenvalue weighted by atomic mass is 10.1. The summed E-state index contributed by atoms with van der Waals surface area (Å²) in [5.41, 5.74) is 5.51. The normalized spacial score (nSPS) is 12.8. The highest BCUT2D eigenvalue weighted by Gasteiger charge is 2.18. The van der Waals surface area contributed by atoms with Crippen molar-refractivity contribution < 1.29 is 19.8 Å². The van der Waals surface area contributed by atoms with Gasteiger partial charge in [0.1, 0.15) is 11.8 Å². The fourth-order valence-electron chi connectivity index (χ4n) is 3.12. The molecule has 2 aromatic carbocycles. The number of phenolic OH excluding ortho intramolecular Hbond substituents is 1. The molecule has 2 heterocycles. The number of ether oxygens (including phenoxy) is 1. The van der Waals surface area contributed by atoms with Crippen molar-refractivity contribution in [1.29, 1.82) is 5.26 Å². The summed E-state index contributed by atoms with van der Waals surface area (Å²) in [4.78, 5) is 11.5. The lowest BCUT2D eigenvalue weighted by Crippen LogP contribution is -2.18. The van der Waals surface area contributed by atoms with Crippen LogP contribution in [0.1, 0.15) is 27.0 Å². The summed E-state index contributed by atoms with van der Waals surface area (Å²) in [5.74, 6) is -1.07. The monoisotopic (exact) mass is 335 g/mol. The van der Waals surface area contributed by atoms with Crippen LogP contribution in [0.15, 0.2) is 36.5 Å².